The third-order valence-corrected chi connectivity index (χ3v) is 8.79. The number of nitrogens with one attached hydrogen (secondary N) is 1. The standard InChI is InChI=1S/C26H37N5O/c27-21-3-2-7-30(15-21)8-6-22-16-31-23(4-1-5-24(31)29-22)25(32)28-17-26-12-18-9-19(13-26)11-20(10-18)14-26/h1,4-5,16,18-21H,2-3,6-15,17,27H2,(H,28,32). The number of imidazole rings is 1. The van der Waals surface area contributed by atoms with E-state index in [1.165, 1.54) is 44.9 Å². The van der Waals surface area contributed by atoms with E-state index in [9.17, 15) is 4.79 Å². The van der Waals surface area contributed by atoms with Crippen LogP contribution in [-0.2, 0) is 6.42 Å². The van der Waals surface area contributed by atoms with Crippen molar-refractivity contribution in [1.29, 1.82) is 0 Å². The molecule has 5 aliphatic rings. The van der Waals surface area contributed by atoms with Gasteiger partial charge in [0, 0.05) is 38.3 Å². The monoisotopic (exact) mass is 435 g/mol. The molecule has 4 saturated carbocycles. The average molecular weight is 436 g/mol. The fraction of sp³-hybridized carbons (Fsp3) is 0.692. The molecule has 4 aliphatic carbocycles. The van der Waals surface area contributed by atoms with E-state index in [1.807, 2.05) is 22.6 Å². The highest BCUT2D eigenvalue weighted by Gasteiger charge is 2.50. The molecule has 172 valence electrons. The molecule has 0 radical (unpaired) electrons. The van der Waals surface area contributed by atoms with E-state index in [4.69, 9.17) is 10.7 Å². The summed E-state index contributed by atoms with van der Waals surface area (Å²) >= 11 is 0. The van der Waals surface area contributed by atoms with Crippen LogP contribution in [0.2, 0.25) is 0 Å². The molecule has 1 amide bonds. The second kappa shape index (κ2) is 8.14. The van der Waals surface area contributed by atoms with E-state index < -0.39 is 0 Å². The zero-order valence-corrected chi connectivity index (χ0v) is 19.1. The Morgan fingerprint density at radius 2 is 1.91 bits per heavy atom. The summed E-state index contributed by atoms with van der Waals surface area (Å²) in [5.74, 6) is 2.77. The van der Waals surface area contributed by atoms with Crippen molar-refractivity contribution < 1.29 is 4.79 Å². The van der Waals surface area contributed by atoms with Gasteiger partial charge in [-0.15, -0.1) is 0 Å². The predicted octanol–water partition coefficient (Wildman–Crippen LogP) is 3.25. The Balaban J connectivity index is 1.13. The number of rotatable bonds is 6. The van der Waals surface area contributed by atoms with Gasteiger partial charge in [-0.25, -0.2) is 4.98 Å². The summed E-state index contributed by atoms with van der Waals surface area (Å²) in [4.78, 5) is 20.5. The molecule has 2 aromatic rings. The van der Waals surface area contributed by atoms with E-state index in [-0.39, 0.29) is 5.91 Å². The smallest absolute Gasteiger partial charge is 0.268 e. The van der Waals surface area contributed by atoms with Crippen molar-refractivity contribution in [1.82, 2.24) is 19.6 Å². The summed E-state index contributed by atoms with van der Waals surface area (Å²) < 4.78 is 1.98. The number of aromatic nitrogens is 2. The Morgan fingerprint density at radius 3 is 2.62 bits per heavy atom. The lowest BCUT2D eigenvalue weighted by Gasteiger charge is -2.56. The summed E-state index contributed by atoms with van der Waals surface area (Å²) in [6.07, 6.45) is 13.5. The van der Waals surface area contributed by atoms with Gasteiger partial charge in [-0.1, -0.05) is 6.07 Å². The number of nitrogens with two attached hydrogens (primary N) is 1. The molecular weight excluding hydrogens is 398 g/mol. The van der Waals surface area contributed by atoms with Crippen LogP contribution in [0, 0.1) is 23.2 Å². The molecule has 5 fully saturated rings. The lowest BCUT2D eigenvalue weighted by Crippen LogP contribution is -2.51. The molecule has 3 N–H and O–H groups in total. The third kappa shape index (κ3) is 3.96. The first-order chi connectivity index (χ1) is 15.6. The molecular formula is C26H37N5O. The first kappa shape index (κ1) is 20.7. The van der Waals surface area contributed by atoms with Crippen LogP contribution < -0.4 is 11.1 Å². The first-order valence-corrected chi connectivity index (χ1v) is 12.8. The maximum absolute atomic E-state index is 13.2. The number of pyridine rings is 1. The molecule has 6 heteroatoms. The molecule has 4 bridgehead atoms. The van der Waals surface area contributed by atoms with E-state index in [0.29, 0.717) is 17.2 Å². The molecule has 0 aromatic carbocycles. The zero-order chi connectivity index (χ0) is 21.7. The van der Waals surface area contributed by atoms with Crippen LogP contribution in [0.25, 0.3) is 5.65 Å². The number of carbonyl (C=O) groups excluding carboxylic acids is 1. The van der Waals surface area contributed by atoms with Gasteiger partial charge in [-0.05, 0) is 93.2 Å². The van der Waals surface area contributed by atoms with Crippen LogP contribution in [0.3, 0.4) is 0 Å². The molecule has 32 heavy (non-hydrogen) atoms. The largest absolute Gasteiger partial charge is 0.350 e. The Kier molecular flexibility index (Phi) is 5.26. The molecule has 6 nitrogen and oxygen atoms in total. The van der Waals surface area contributed by atoms with Crippen molar-refractivity contribution in [2.75, 3.05) is 26.2 Å². The van der Waals surface area contributed by atoms with Gasteiger partial charge in [0.25, 0.3) is 5.91 Å². The summed E-state index contributed by atoms with van der Waals surface area (Å²) in [6, 6.07) is 6.18. The topological polar surface area (TPSA) is 75.7 Å². The van der Waals surface area contributed by atoms with Gasteiger partial charge < -0.3 is 16.0 Å². The van der Waals surface area contributed by atoms with Gasteiger partial charge >= 0.3 is 0 Å². The fourth-order valence-corrected chi connectivity index (χ4v) is 7.80. The summed E-state index contributed by atoms with van der Waals surface area (Å²) in [7, 11) is 0. The number of hydrogen-bond acceptors (Lipinski definition) is 4. The Bertz CT molecular complexity index is 962. The third-order valence-electron chi connectivity index (χ3n) is 8.79. The molecule has 2 aromatic heterocycles. The van der Waals surface area contributed by atoms with Gasteiger partial charge in [0.05, 0.1) is 5.69 Å². The van der Waals surface area contributed by atoms with Crippen LogP contribution in [0.1, 0.15) is 67.5 Å². The van der Waals surface area contributed by atoms with Crippen LogP contribution in [-0.4, -0.2) is 52.4 Å². The van der Waals surface area contributed by atoms with E-state index in [1.54, 1.807) is 0 Å². The normalized spacial score (nSPS) is 34.3. The second-order valence-electron chi connectivity index (χ2n) is 11.4. The molecule has 3 heterocycles. The van der Waals surface area contributed by atoms with Gasteiger partial charge in [0.2, 0.25) is 0 Å². The maximum Gasteiger partial charge on any atom is 0.268 e. The summed E-state index contributed by atoms with van der Waals surface area (Å²) in [5, 5.41) is 3.34. The SMILES string of the molecule is NC1CCCN(CCc2cn3c(C(=O)NCC45CC6CC(CC(C6)C4)C5)cccc3n2)C1. The van der Waals surface area contributed by atoms with Crippen molar-refractivity contribution in [3.05, 3.63) is 35.8 Å². The first-order valence-electron chi connectivity index (χ1n) is 12.8. The summed E-state index contributed by atoms with van der Waals surface area (Å²) in [6.45, 7) is 3.91. The minimum absolute atomic E-state index is 0.0392. The number of piperidine rings is 1. The number of likely N-dealkylation sites (tertiary alicyclic amines) is 1. The quantitative estimate of drug-likeness (QED) is 0.730. The summed E-state index contributed by atoms with van der Waals surface area (Å²) in [5.41, 5.74) is 9.09. The van der Waals surface area contributed by atoms with Crippen molar-refractivity contribution in [3.8, 4) is 0 Å². The van der Waals surface area contributed by atoms with E-state index in [2.05, 4.69) is 16.4 Å². The van der Waals surface area contributed by atoms with E-state index in [0.717, 1.165) is 68.1 Å². The molecule has 0 spiro atoms. The van der Waals surface area contributed by atoms with Crippen LogP contribution in [0.15, 0.2) is 24.4 Å². The Labute approximate surface area is 190 Å². The molecule has 7 rings (SSSR count). The molecule has 1 atom stereocenters. The van der Waals surface area contributed by atoms with Gasteiger partial charge in [-0.3, -0.25) is 9.20 Å². The van der Waals surface area contributed by atoms with Crippen molar-refractivity contribution in [2.45, 2.75) is 63.8 Å². The number of amides is 1. The average Bonchev–Trinajstić information content (AvgIpc) is 3.18. The Morgan fingerprint density at radius 1 is 1.16 bits per heavy atom. The zero-order valence-electron chi connectivity index (χ0n) is 19.1. The molecule has 1 saturated heterocycles. The van der Waals surface area contributed by atoms with E-state index >= 15 is 0 Å². The highest BCUT2D eigenvalue weighted by molar-refractivity contribution is 5.93. The van der Waals surface area contributed by atoms with Crippen LogP contribution >= 0.6 is 0 Å². The predicted molar refractivity (Wildman–Crippen MR) is 125 cm³/mol. The lowest BCUT2D eigenvalue weighted by molar-refractivity contribution is -0.0503. The Hall–Kier alpha value is -1.92. The minimum Gasteiger partial charge on any atom is -0.350 e. The highest BCUT2D eigenvalue weighted by atomic mass is 16.1. The molecule has 1 aliphatic heterocycles. The second-order valence-corrected chi connectivity index (χ2v) is 11.4. The minimum atomic E-state index is 0.0392. The number of hydrogen-bond donors (Lipinski definition) is 2. The highest BCUT2D eigenvalue weighted by Crippen LogP contribution is 2.59. The van der Waals surface area contributed by atoms with Gasteiger partial charge in [-0.2, -0.15) is 0 Å². The maximum atomic E-state index is 13.2. The van der Waals surface area contributed by atoms with Gasteiger partial charge in [0.15, 0.2) is 0 Å². The van der Waals surface area contributed by atoms with Gasteiger partial charge in [0.1, 0.15) is 11.3 Å². The number of nitrogens with zero attached hydrogens (tertiary/aromatic N) is 3. The van der Waals surface area contributed by atoms with Crippen molar-refractivity contribution in [2.24, 2.45) is 28.9 Å². The number of carbonyl (C=O) groups is 1. The van der Waals surface area contributed by atoms with Crippen LogP contribution in [0.4, 0.5) is 0 Å². The fourth-order valence-electron chi connectivity index (χ4n) is 7.80. The van der Waals surface area contributed by atoms with Crippen molar-refractivity contribution >= 4 is 11.6 Å². The van der Waals surface area contributed by atoms with Crippen molar-refractivity contribution in [3.63, 3.8) is 0 Å². The van der Waals surface area contributed by atoms with Crippen LogP contribution in [0.5, 0.6) is 0 Å². The number of fused-ring (bicyclic) bond motifs is 1. The molecule has 1 unspecified atom stereocenters. The lowest BCUT2D eigenvalue weighted by atomic mass is 9.49.